The van der Waals surface area contributed by atoms with Crippen molar-refractivity contribution in [2.24, 2.45) is 10.2 Å². The Bertz CT molecular complexity index is 1220. The van der Waals surface area contributed by atoms with E-state index in [-0.39, 0.29) is 6.61 Å². The van der Waals surface area contributed by atoms with Gasteiger partial charge in [-0.1, -0.05) is 12.1 Å². The summed E-state index contributed by atoms with van der Waals surface area (Å²) in [6, 6.07) is 22.2. The Kier molecular flexibility index (Phi) is 10.9. The number of nitrogens with zero attached hydrogens (tertiary/aromatic N) is 4. The molecule has 0 fully saturated rings. The average Bonchev–Trinajstić information content (AvgIpc) is 2.91. The first kappa shape index (κ1) is 27.8. The molecule has 0 radical (unpaired) electrons. The molecule has 0 saturated heterocycles. The van der Waals surface area contributed by atoms with Gasteiger partial charge in [-0.05, 0) is 101 Å². The van der Waals surface area contributed by atoms with Gasteiger partial charge in [0.15, 0.2) is 0 Å². The van der Waals surface area contributed by atoms with Crippen molar-refractivity contribution in [1.29, 1.82) is 0 Å². The molecule has 0 spiro atoms. The minimum atomic E-state index is -1.77. The van der Waals surface area contributed by atoms with Crippen molar-refractivity contribution in [3.8, 4) is 17.2 Å². The van der Waals surface area contributed by atoms with Crippen LogP contribution >= 0.6 is 14.1 Å². The fourth-order valence-corrected chi connectivity index (χ4v) is 4.81. The summed E-state index contributed by atoms with van der Waals surface area (Å²) < 4.78 is 20.2. The number of methoxy groups -OCH3 is 1. The van der Waals surface area contributed by atoms with Gasteiger partial charge in [0, 0.05) is 14.1 Å². The first-order chi connectivity index (χ1) is 17.4. The van der Waals surface area contributed by atoms with Crippen molar-refractivity contribution >= 4 is 50.2 Å². The van der Waals surface area contributed by atoms with E-state index in [0.717, 1.165) is 22.4 Å². The van der Waals surface area contributed by atoms with E-state index in [9.17, 15) is 0 Å². The fourth-order valence-electron chi connectivity index (χ4n) is 2.71. The van der Waals surface area contributed by atoms with E-state index >= 15 is 0 Å². The van der Waals surface area contributed by atoms with Gasteiger partial charge in [-0.15, -0.1) is 0 Å². The van der Waals surface area contributed by atoms with Gasteiger partial charge in [-0.25, -0.2) is 9.56 Å². The molecule has 0 bridgehead atoms. The summed E-state index contributed by atoms with van der Waals surface area (Å²) in [5.74, 6) is 2.11. The predicted molar refractivity (Wildman–Crippen MR) is 155 cm³/mol. The van der Waals surface area contributed by atoms with E-state index in [1.54, 1.807) is 67.5 Å². The number of rotatable bonds is 12. The van der Waals surface area contributed by atoms with E-state index in [1.807, 2.05) is 48.5 Å². The number of benzene rings is 3. The lowest BCUT2D eigenvalue weighted by molar-refractivity contribution is 0.282. The molecule has 2 unspecified atom stereocenters. The number of hydrogen-bond acceptors (Lipinski definition) is 8. The van der Waals surface area contributed by atoms with Crippen LogP contribution in [-0.4, -0.2) is 48.3 Å². The minimum Gasteiger partial charge on any atom is -0.497 e. The highest BCUT2D eigenvalue weighted by Gasteiger charge is 2.05. The third kappa shape index (κ3) is 8.73. The third-order valence-corrected chi connectivity index (χ3v) is 8.99. The Morgan fingerprint density at radius 3 is 1.50 bits per heavy atom. The van der Waals surface area contributed by atoms with Gasteiger partial charge in [-0.2, -0.15) is 10.2 Å². The van der Waals surface area contributed by atoms with Crippen LogP contribution < -0.4 is 13.8 Å². The second-order valence-corrected chi connectivity index (χ2v) is 12.3. The number of aliphatic hydroxyl groups excluding tert-OH is 1. The van der Waals surface area contributed by atoms with E-state index < -0.39 is 14.1 Å². The lowest BCUT2D eigenvalue weighted by Crippen LogP contribution is -2.04. The van der Waals surface area contributed by atoms with Crippen LogP contribution in [0.2, 0.25) is 0 Å². The van der Waals surface area contributed by atoms with Crippen LogP contribution in [0, 0.1) is 0 Å². The van der Waals surface area contributed by atoms with Gasteiger partial charge in [0.25, 0.3) is 0 Å². The van der Waals surface area contributed by atoms with Crippen molar-refractivity contribution in [1.82, 2.24) is 9.56 Å². The molecular formula is C24H28N4O4P2S2. The molecule has 0 aliphatic heterocycles. The van der Waals surface area contributed by atoms with E-state index in [4.69, 9.17) is 42.5 Å². The van der Waals surface area contributed by atoms with E-state index in [2.05, 4.69) is 10.2 Å². The van der Waals surface area contributed by atoms with E-state index in [1.165, 1.54) is 0 Å². The van der Waals surface area contributed by atoms with Gasteiger partial charge in [-0.3, -0.25) is 0 Å². The van der Waals surface area contributed by atoms with Crippen molar-refractivity contribution < 1.29 is 18.9 Å². The Balaban J connectivity index is 1.50. The predicted octanol–water partition coefficient (Wildman–Crippen LogP) is 4.89. The molecule has 0 aliphatic carbocycles. The highest BCUT2D eigenvalue weighted by atomic mass is 32.4. The Morgan fingerprint density at radius 1 is 0.722 bits per heavy atom. The first-order valence-corrected chi connectivity index (χ1v) is 15.8. The minimum absolute atomic E-state index is 0.0100. The second-order valence-electron chi connectivity index (χ2n) is 7.42. The molecule has 0 heterocycles. The Morgan fingerprint density at radius 2 is 1.11 bits per heavy atom. The highest BCUT2D eigenvalue weighted by molar-refractivity contribution is 8.02. The molecule has 3 rings (SSSR count). The molecule has 0 amide bonds. The maximum Gasteiger partial charge on any atom is 0.207 e. The Hall–Kier alpha value is -2.74. The molecule has 0 aliphatic rings. The van der Waals surface area contributed by atoms with Crippen LogP contribution in [0.5, 0.6) is 17.2 Å². The van der Waals surface area contributed by atoms with Crippen LogP contribution in [0.4, 0.5) is 0 Å². The van der Waals surface area contributed by atoms with Gasteiger partial charge in [0.05, 0.1) is 26.1 Å². The quantitative estimate of drug-likeness (QED) is 0.190. The molecule has 2 atom stereocenters. The van der Waals surface area contributed by atoms with E-state index in [0.29, 0.717) is 11.5 Å². The summed E-state index contributed by atoms with van der Waals surface area (Å²) in [5, 5.41) is 17.9. The summed E-state index contributed by atoms with van der Waals surface area (Å²) >= 11 is 11.0. The summed E-state index contributed by atoms with van der Waals surface area (Å²) in [6.07, 6.45) is 3.45. The Labute approximate surface area is 222 Å². The monoisotopic (exact) mass is 562 g/mol. The smallest absolute Gasteiger partial charge is 0.207 e. The first-order valence-electron chi connectivity index (χ1n) is 10.8. The number of ether oxygens (including phenoxy) is 1. The van der Waals surface area contributed by atoms with Gasteiger partial charge in [0.1, 0.15) is 17.2 Å². The summed E-state index contributed by atoms with van der Waals surface area (Å²) in [5.41, 5.74) is 2.64. The SMILES string of the molecule is COc1ccc(/C=N/N(C)[PH](=S)Oc2ccc(/C=N/N(C)[PH](=S)Oc3ccc(CO)cc3)cc2)cc1. The lowest BCUT2D eigenvalue weighted by Gasteiger charge is -2.17. The summed E-state index contributed by atoms with van der Waals surface area (Å²) in [7, 11) is 1.67. The number of hydrazone groups is 2. The molecule has 12 heteroatoms. The van der Waals surface area contributed by atoms with Crippen LogP contribution in [0.1, 0.15) is 16.7 Å². The van der Waals surface area contributed by atoms with Gasteiger partial charge < -0.3 is 18.9 Å². The molecule has 0 saturated carbocycles. The largest absolute Gasteiger partial charge is 0.497 e. The third-order valence-electron chi connectivity index (χ3n) is 4.80. The molecule has 3 aromatic rings. The standard InChI is InChI=1S/C24H28N4O4P2S2/c1-27(25-16-19-4-10-22(30-3)11-5-19)33(35)31-23-12-6-20(7-13-23)17-26-28(2)34(36)32-24-14-8-21(18-29)9-15-24/h4-17,29,33-34H,18H2,1-3H3/b25-16+,26-17+. The van der Waals surface area contributed by atoms with Crippen LogP contribution in [0.25, 0.3) is 0 Å². The fraction of sp³-hybridized carbons (Fsp3) is 0.167. The van der Waals surface area contributed by atoms with Gasteiger partial charge >= 0.3 is 0 Å². The molecule has 190 valence electrons. The van der Waals surface area contributed by atoms with Crippen molar-refractivity contribution in [3.63, 3.8) is 0 Å². The molecule has 36 heavy (non-hydrogen) atoms. The zero-order chi connectivity index (χ0) is 25.9. The van der Waals surface area contributed by atoms with Crippen LogP contribution in [0.15, 0.2) is 83.0 Å². The molecule has 1 N–H and O–H groups in total. The zero-order valence-electron chi connectivity index (χ0n) is 20.1. The van der Waals surface area contributed by atoms with Gasteiger partial charge in [0.2, 0.25) is 14.1 Å². The highest BCUT2D eigenvalue weighted by Crippen LogP contribution is 2.32. The maximum atomic E-state index is 9.13. The average molecular weight is 563 g/mol. The maximum absolute atomic E-state index is 9.13. The topological polar surface area (TPSA) is 79.1 Å². The number of aliphatic hydroxyl groups is 1. The van der Waals surface area contributed by atoms with Crippen LogP contribution in [0.3, 0.4) is 0 Å². The zero-order valence-corrected chi connectivity index (χ0v) is 23.7. The van der Waals surface area contributed by atoms with Crippen molar-refractivity contribution in [2.45, 2.75) is 6.61 Å². The lowest BCUT2D eigenvalue weighted by atomic mass is 10.2. The molecule has 8 nitrogen and oxygen atoms in total. The normalized spacial score (nSPS) is 12.9. The molecule has 3 aromatic carbocycles. The summed E-state index contributed by atoms with van der Waals surface area (Å²) in [6.45, 7) is -0.0100. The molecule has 0 aromatic heterocycles. The van der Waals surface area contributed by atoms with Crippen LogP contribution in [-0.2, 0) is 30.2 Å². The van der Waals surface area contributed by atoms with Crippen molar-refractivity contribution in [3.05, 3.63) is 89.5 Å². The molecular weight excluding hydrogens is 534 g/mol. The number of hydrogen-bond donors (Lipinski definition) is 1. The summed E-state index contributed by atoms with van der Waals surface area (Å²) in [4.78, 5) is 0. The second kappa shape index (κ2) is 14.1. The van der Waals surface area contributed by atoms with Crippen molar-refractivity contribution in [2.75, 3.05) is 21.2 Å².